The second-order valence-corrected chi connectivity index (χ2v) is 6.36. The minimum Gasteiger partial charge on any atom is -0.276 e. The number of carbonyl (C=O) groups is 2. The Balaban J connectivity index is 2.27. The van der Waals surface area contributed by atoms with Crippen molar-refractivity contribution in [1.82, 2.24) is 9.97 Å². The number of benzene rings is 2. The van der Waals surface area contributed by atoms with Crippen LogP contribution in [-0.2, 0) is 0 Å². The van der Waals surface area contributed by atoms with E-state index in [9.17, 15) is 9.59 Å². The summed E-state index contributed by atoms with van der Waals surface area (Å²) >= 11 is 11.7. The Labute approximate surface area is 158 Å². The van der Waals surface area contributed by atoms with E-state index in [2.05, 4.69) is 9.97 Å². The first-order valence-electron chi connectivity index (χ1n) is 7.73. The standard InChI is InChI=1S/C20H10Cl2N2O2/c21-19(25)13-9-23-15-7-3-1-5-11(15)17(13)18-12-6-2-4-8-16(12)24-10-14(18)20(22)26/h1-10H. The predicted molar refractivity (Wildman–Crippen MR) is 103 cm³/mol. The molecular weight excluding hydrogens is 371 g/mol. The smallest absolute Gasteiger partial charge is 0.254 e. The highest BCUT2D eigenvalue weighted by Crippen LogP contribution is 2.38. The first-order chi connectivity index (χ1) is 12.6. The first kappa shape index (κ1) is 16.6. The summed E-state index contributed by atoms with van der Waals surface area (Å²) in [6.45, 7) is 0. The molecule has 0 aliphatic heterocycles. The number of pyridine rings is 2. The number of nitrogens with zero attached hydrogens (tertiary/aromatic N) is 2. The maximum atomic E-state index is 12.1. The quantitative estimate of drug-likeness (QED) is 0.457. The summed E-state index contributed by atoms with van der Waals surface area (Å²) in [6, 6.07) is 14.7. The van der Waals surface area contributed by atoms with Gasteiger partial charge in [0.1, 0.15) is 0 Å². The van der Waals surface area contributed by atoms with Crippen LogP contribution in [0.25, 0.3) is 32.9 Å². The van der Waals surface area contributed by atoms with Crippen LogP contribution in [0.1, 0.15) is 20.7 Å². The fourth-order valence-corrected chi connectivity index (χ4v) is 3.41. The van der Waals surface area contributed by atoms with Crippen molar-refractivity contribution in [2.24, 2.45) is 0 Å². The van der Waals surface area contributed by atoms with Crippen LogP contribution >= 0.6 is 23.2 Å². The molecule has 0 amide bonds. The molecule has 0 saturated carbocycles. The summed E-state index contributed by atoms with van der Waals surface area (Å²) in [5.74, 6) is 0. The number of aromatic nitrogens is 2. The van der Waals surface area contributed by atoms with Crippen molar-refractivity contribution in [3.05, 3.63) is 72.1 Å². The number of halogens is 2. The van der Waals surface area contributed by atoms with Crippen molar-refractivity contribution in [3.8, 4) is 11.1 Å². The normalized spacial score (nSPS) is 11.0. The predicted octanol–water partition coefficient (Wildman–Crippen LogP) is 5.21. The molecule has 26 heavy (non-hydrogen) atoms. The molecule has 0 aliphatic rings. The van der Waals surface area contributed by atoms with Gasteiger partial charge in [0, 0.05) is 34.3 Å². The van der Waals surface area contributed by atoms with Gasteiger partial charge in [-0.25, -0.2) is 0 Å². The number of para-hydroxylation sites is 2. The van der Waals surface area contributed by atoms with E-state index in [-0.39, 0.29) is 11.1 Å². The average Bonchev–Trinajstić information content (AvgIpc) is 2.66. The molecule has 4 nitrogen and oxygen atoms in total. The summed E-state index contributed by atoms with van der Waals surface area (Å²) in [4.78, 5) is 32.8. The van der Waals surface area contributed by atoms with Crippen LogP contribution in [0.4, 0.5) is 0 Å². The van der Waals surface area contributed by atoms with Crippen molar-refractivity contribution in [2.45, 2.75) is 0 Å². The summed E-state index contributed by atoms with van der Waals surface area (Å²) < 4.78 is 0. The maximum Gasteiger partial charge on any atom is 0.254 e. The zero-order valence-corrected chi connectivity index (χ0v) is 14.8. The lowest BCUT2D eigenvalue weighted by Gasteiger charge is -2.15. The van der Waals surface area contributed by atoms with Gasteiger partial charge in [0.15, 0.2) is 0 Å². The van der Waals surface area contributed by atoms with E-state index in [1.54, 1.807) is 0 Å². The lowest BCUT2D eigenvalue weighted by Crippen LogP contribution is -2.03. The van der Waals surface area contributed by atoms with E-state index >= 15 is 0 Å². The fraction of sp³-hybridized carbons (Fsp3) is 0. The van der Waals surface area contributed by atoms with Gasteiger partial charge in [-0.05, 0) is 35.3 Å². The zero-order valence-electron chi connectivity index (χ0n) is 13.2. The third kappa shape index (κ3) is 2.64. The molecule has 4 aromatic rings. The van der Waals surface area contributed by atoms with Crippen LogP contribution in [0.3, 0.4) is 0 Å². The molecule has 4 rings (SSSR count). The molecule has 0 bridgehead atoms. The molecule has 2 aromatic carbocycles. The van der Waals surface area contributed by atoms with Crippen LogP contribution in [0.5, 0.6) is 0 Å². The van der Waals surface area contributed by atoms with E-state index in [4.69, 9.17) is 23.2 Å². The third-order valence-electron chi connectivity index (χ3n) is 4.22. The highest BCUT2D eigenvalue weighted by atomic mass is 35.5. The molecule has 2 heterocycles. The molecular formula is C20H10Cl2N2O2. The second kappa shape index (κ2) is 6.48. The number of rotatable bonds is 3. The molecule has 0 saturated heterocycles. The van der Waals surface area contributed by atoms with Gasteiger partial charge in [0.05, 0.1) is 22.2 Å². The van der Waals surface area contributed by atoms with Crippen molar-refractivity contribution in [2.75, 3.05) is 0 Å². The number of hydrogen-bond acceptors (Lipinski definition) is 4. The van der Waals surface area contributed by atoms with Gasteiger partial charge < -0.3 is 0 Å². The number of fused-ring (bicyclic) bond motifs is 2. The SMILES string of the molecule is O=C(Cl)c1cnc2ccccc2c1-c1c(C(=O)Cl)cnc2ccccc12. The first-order valence-corrected chi connectivity index (χ1v) is 8.49. The largest absolute Gasteiger partial charge is 0.276 e. The Kier molecular flexibility index (Phi) is 4.15. The van der Waals surface area contributed by atoms with Gasteiger partial charge in [0.25, 0.3) is 10.5 Å². The Hall–Kier alpha value is -2.82. The Bertz CT molecular complexity index is 1110. The minimum absolute atomic E-state index is 0.209. The summed E-state index contributed by atoms with van der Waals surface area (Å²) in [6.07, 6.45) is 2.84. The third-order valence-corrected chi connectivity index (χ3v) is 4.63. The highest BCUT2D eigenvalue weighted by Gasteiger charge is 2.22. The van der Waals surface area contributed by atoms with E-state index in [0.29, 0.717) is 32.9 Å². The summed E-state index contributed by atoms with van der Waals surface area (Å²) in [5, 5.41) is 0.0864. The monoisotopic (exact) mass is 380 g/mol. The lowest BCUT2D eigenvalue weighted by atomic mass is 9.91. The molecule has 0 N–H and O–H groups in total. The summed E-state index contributed by atoms with van der Waals surface area (Å²) in [7, 11) is 0. The maximum absolute atomic E-state index is 12.1. The van der Waals surface area contributed by atoms with E-state index in [0.717, 1.165) is 0 Å². The van der Waals surface area contributed by atoms with Gasteiger partial charge in [-0.2, -0.15) is 0 Å². The van der Waals surface area contributed by atoms with Gasteiger partial charge >= 0.3 is 0 Å². The molecule has 0 radical (unpaired) electrons. The average molecular weight is 381 g/mol. The van der Waals surface area contributed by atoms with Crippen molar-refractivity contribution in [3.63, 3.8) is 0 Å². The van der Waals surface area contributed by atoms with E-state index < -0.39 is 10.5 Å². The molecule has 0 aliphatic carbocycles. The van der Waals surface area contributed by atoms with Crippen molar-refractivity contribution >= 4 is 55.5 Å². The topological polar surface area (TPSA) is 59.9 Å². The minimum atomic E-state index is -0.660. The lowest BCUT2D eigenvalue weighted by molar-refractivity contribution is 0.107. The molecule has 0 unspecified atom stereocenters. The molecule has 126 valence electrons. The molecule has 2 aromatic heterocycles. The fourth-order valence-electron chi connectivity index (χ4n) is 3.12. The van der Waals surface area contributed by atoms with Gasteiger partial charge in [-0.3, -0.25) is 19.6 Å². The van der Waals surface area contributed by atoms with Crippen LogP contribution in [0, 0.1) is 0 Å². The molecule has 0 atom stereocenters. The van der Waals surface area contributed by atoms with Crippen LogP contribution in [-0.4, -0.2) is 20.5 Å². The van der Waals surface area contributed by atoms with Gasteiger partial charge in [-0.1, -0.05) is 36.4 Å². The Morgan fingerprint density at radius 2 is 1.04 bits per heavy atom. The van der Waals surface area contributed by atoms with E-state index in [1.807, 2.05) is 48.5 Å². The molecule has 6 heteroatoms. The number of hydrogen-bond donors (Lipinski definition) is 0. The van der Waals surface area contributed by atoms with E-state index in [1.165, 1.54) is 12.4 Å². The molecule has 0 spiro atoms. The Morgan fingerprint density at radius 3 is 1.42 bits per heavy atom. The highest BCUT2D eigenvalue weighted by molar-refractivity contribution is 6.69. The van der Waals surface area contributed by atoms with Crippen molar-refractivity contribution in [1.29, 1.82) is 0 Å². The molecule has 0 fully saturated rings. The zero-order chi connectivity index (χ0) is 18.3. The second-order valence-electron chi connectivity index (χ2n) is 5.68. The van der Waals surface area contributed by atoms with Crippen LogP contribution < -0.4 is 0 Å². The Morgan fingerprint density at radius 1 is 0.654 bits per heavy atom. The summed E-state index contributed by atoms with van der Waals surface area (Å²) in [5.41, 5.74) is 2.83. The van der Waals surface area contributed by atoms with Crippen LogP contribution in [0.15, 0.2) is 60.9 Å². The van der Waals surface area contributed by atoms with Gasteiger partial charge in [0.2, 0.25) is 0 Å². The van der Waals surface area contributed by atoms with Gasteiger partial charge in [-0.15, -0.1) is 0 Å². The van der Waals surface area contributed by atoms with Crippen molar-refractivity contribution < 1.29 is 9.59 Å². The number of carbonyl (C=O) groups excluding carboxylic acids is 2. The van der Waals surface area contributed by atoms with Crippen LogP contribution in [0.2, 0.25) is 0 Å².